The van der Waals surface area contributed by atoms with E-state index < -0.39 is 0 Å². The van der Waals surface area contributed by atoms with Crippen molar-refractivity contribution in [3.8, 4) is 5.75 Å². The number of hydrogen-bond donors (Lipinski definition) is 1. The van der Waals surface area contributed by atoms with Crippen LogP contribution in [-0.2, 0) is 11.2 Å². The molecule has 0 bridgehead atoms. The number of benzene rings is 1. The highest BCUT2D eigenvalue weighted by atomic mass is 35.5. The van der Waals surface area contributed by atoms with Gasteiger partial charge in [0.2, 0.25) is 5.91 Å². The van der Waals surface area contributed by atoms with E-state index in [4.69, 9.17) is 16.3 Å². The first-order chi connectivity index (χ1) is 13.1. The highest BCUT2D eigenvalue weighted by molar-refractivity contribution is 6.32. The molecule has 144 valence electrons. The van der Waals surface area contributed by atoms with Crippen molar-refractivity contribution in [2.45, 2.75) is 25.7 Å². The summed E-state index contributed by atoms with van der Waals surface area (Å²) in [7, 11) is 1.69. The molecule has 1 aromatic carbocycles. The molecule has 5 nitrogen and oxygen atoms in total. The van der Waals surface area contributed by atoms with Gasteiger partial charge in [0.1, 0.15) is 5.75 Å². The lowest BCUT2D eigenvalue weighted by molar-refractivity contribution is -0.117. The number of amides is 1. The topological polar surface area (TPSA) is 54.5 Å². The molecule has 0 saturated carbocycles. The summed E-state index contributed by atoms with van der Waals surface area (Å²) in [5.74, 6) is 1.58. The molecule has 0 unspecified atom stereocenters. The molecular weight excluding hydrogens is 362 g/mol. The van der Waals surface area contributed by atoms with Gasteiger partial charge in [0.05, 0.1) is 19.3 Å². The van der Waals surface area contributed by atoms with E-state index in [0.29, 0.717) is 17.4 Å². The Balaban J connectivity index is 1.38. The van der Waals surface area contributed by atoms with Crippen molar-refractivity contribution >= 4 is 23.2 Å². The molecule has 1 aliphatic heterocycles. The Morgan fingerprint density at radius 3 is 2.67 bits per heavy atom. The maximum atomic E-state index is 12.2. The van der Waals surface area contributed by atoms with E-state index in [1.807, 2.05) is 12.1 Å². The molecule has 2 heterocycles. The molecule has 1 fully saturated rings. The first kappa shape index (κ1) is 19.6. The number of nitrogens with zero attached hydrogens (tertiary/aromatic N) is 2. The van der Waals surface area contributed by atoms with E-state index in [1.165, 1.54) is 12.0 Å². The highest BCUT2D eigenvalue weighted by Crippen LogP contribution is 2.23. The summed E-state index contributed by atoms with van der Waals surface area (Å²) in [6, 6.07) is 11.8. The van der Waals surface area contributed by atoms with Gasteiger partial charge in [-0.25, -0.2) is 4.98 Å². The zero-order valence-electron chi connectivity index (χ0n) is 15.7. The van der Waals surface area contributed by atoms with E-state index in [-0.39, 0.29) is 5.91 Å². The van der Waals surface area contributed by atoms with Crippen molar-refractivity contribution in [2.75, 3.05) is 32.1 Å². The van der Waals surface area contributed by atoms with Gasteiger partial charge in [-0.1, -0.05) is 23.7 Å². The predicted octanol–water partition coefficient (Wildman–Crippen LogP) is 4.03. The van der Waals surface area contributed by atoms with Crippen LogP contribution in [0.15, 0.2) is 42.6 Å². The quantitative estimate of drug-likeness (QED) is 0.729. The van der Waals surface area contributed by atoms with Crippen molar-refractivity contribution < 1.29 is 9.53 Å². The molecule has 0 atom stereocenters. The van der Waals surface area contributed by atoms with E-state index in [1.54, 1.807) is 25.4 Å². The largest absolute Gasteiger partial charge is 0.497 e. The number of rotatable bonds is 7. The number of aryl methyl sites for hydroxylation is 1. The number of carbonyl (C=O) groups excluding carboxylic acids is 1. The average molecular weight is 388 g/mol. The standard InChI is InChI=1S/C21H26ClN3O2/c1-27-18-8-6-16(7-9-18)4-5-17-10-13-25(14-11-17)15-20(26)24-19-3-2-12-23-21(19)22/h2-3,6-9,12,17H,4-5,10-11,13-15H2,1H3,(H,24,26). The number of carbonyl (C=O) groups is 1. The SMILES string of the molecule is COc1ccc(CCC2CCN(CC(=O)Nc3cccnc3Cl)CC2)cc1. The lowest BCUT2D eigenvalue weighted by Crippen LogP contribution is -2.39. The number of anilines is 1. The third-order valence-electron chi connectivity index (χ3n) is 5.11. The summed E-state index contributed by atoms with van der Waals surface area (Å²) in [4.78, 5) is 18.4. The number of nitrogens with one attached hydrogen (secondary N) is 1. The first-order valence-electron chi connectivity index (χ1n) is 9.39. The molecule has 2 aromatic rings. The molecule has 0 radical (unpaired) electrons. The van der Waals surface area contributed by atoms with E-state index in [2.05, 4.69) is 27.3 Å². The summed E-state index contributed by atoms with van der Waals surface area (Å²) in [6.07, 6.45) is 6.16. The average Bonchev–Trinajstić information content (AvgIpc) is 2.69. The molecule has 1 saturated heterocycles. The van der Waals surface area contributed by atoms with Crippen LogP contribution in [0.4, 0.5) is 5.69 Å². The van der Waals surface area contributed by atoms with Crippen LogP contribution in [0.5, 0.6) is 5.75 Å². The number of halogens is 1. The van der Waals surface area contributed by atoms with Crippen LogP contribution in [0.3, 0.4) is 0 Å². The van der Waals surface area contributed by atoms with Crippen LogP contribution >= 0.6 is 11.6 Å². The third kappa shape index (κ3) is 5.94. The summed E-state index contributed by atoms with van der Waals surface area (Å²) >= 11 is 5.99. The fraction of sp³-hybridized carbons (Fsp3) is 0.429. The summed E-state index contributed by atoms with van der Waals surface area (Å²) in [5.41, 5.74) is 1.92. The van der Waals surface area contributed by atoms with Gasteiger partial charge in [-0.2, -0.15) is 0 Å². The Kier molecular flexibility index (Phi) is 7.07. The Bertz CT molecular complexity index is 743. The molecule has 0 spiro atoms. The van der Waals surface area contributed by atoms with Crippen molar-refractivity contribution in [3.05, 3.63) is 53.3 Å². The Hall–Kier alpha value is -2.11. The number of likely N-dealkylation sites (tertiary alicyclic amines) is 1. The zero-order valence-corrected chi connectivity index (χ0v) is 16.4. The fourth-order valence-corrected chi connectivity index (χ4v) is 3.63. The number of hydrogen-bond acceptors (Lipinski definition) is 4. The van der Waals surface area contributed by atoms with Crippen LogP contribution in [-0.4, -0.2) is 42.5 Å². The summed E-state index contributed by atoms with van der Waals surface area (Å²) in [6.45, 7) is 2.32. The van der Waals surface area contributed by atoms with Crippen LogP contribution < -0.4 is 10.1 Å². The van der Waals surface area contributed by atoms with Crippen molar-refractivity contribution in [1.82, 2.24) is 9.88 Å². The van der Waals surface area contributed by atoms with Gasteiger partial charge in [0.25, 0.3) is 0 Å². The minimum Gasteiger partial charge on any atom is -0.497 e. The van der Waals surface area contributed by atoms with Crippen molar-refractivity contribution in [1.29, 1.82) is 0 Å². The van der Waals surface area contributed by atoms with Crippen LogP contribution in [0.25, 0.3) is 0 Å². The predicted molar refractivity (Wildman–Crippen MR) is 108 cm³/mol. The van der Waals surface area contributed by atoms with Gasteiger partial charge in [-0.3, -0.25) is 9.69 Å². The van der Waals surface area contributed by atoms with E-state index in [0.717, 1.165) is 44.0 Å². The van der Waals surface area contributed by atoms with Gasteiger partial charge < -0.3 is 10.1 Å². The van der Waals surface area contributed by atoms with Crippen LogP contribution in [0.1, 0.15) is 24.8 Å². The second-order valence-corrected chi connectivity index (χ2v) is 7.35. The number of methoxy groups -OCH3 is 1. The third-order valence-corrected chi connectivity index (χ3v) is 5.41. The minimum absolute atomic E-state index is 0.0402. The number of ether oxygens (including phenoxy) is 1. The number of aromatic nitrogens is 1. The molecule has 1 aromatic heterocycles. The molecule has 27 heavy (non-hydrogen) atoms. The maximum absolute atomic E-state index is 12.2. The van der Waals surface area contributed by atoms with Crippen LogP contribution in [0, 0.1) is 5.92 Å². The molecule has 1 N–H and O–H groups in total. The van der Waals surface area contributed by atoms with Gasteiger partial charge in [-0.15, -0.1) is 0 Å². The molecule has 3 rings (SSSR count). The smallest absolute Gasteiger partial charge is 0.238 e. The van der Waals surface area contributed by atoms with Crippen molar-refractivity contribution in [3.63, 3.8) is 0 Å². The monoisotopic (exact) mass is 387 g/mol. The Morgan fingerprint density at radius 1 is 1.26 bits per heavy atom. The summed E-state index contributed by atoms with van der Waals surface area (Å²) < 4.78 is 5.20. The van der Waals surface area contributed by atoms with Crippen LogP contribution in [0.2, 0.25) is 5.15 Å². The molecule has 6 heteroatoms. The Morgan fingerprint density at radius 2 is 2.00 bits per heavy atom. The van der Waals surface area contributed by atoms with Crippen molar-refractivity contribution in [2.24, 2.45) is 5.92 Å². The van der Waals surface area contributed by atoms with Gasteiger partial charge in [-0.05, 0) is 74.5 Å². The highest BCUT2D eigenvalue weighted by Gasteiger charge is 2.21. The molecule has 1 amide bonds. The zero-order chi connectivity index (χ0) is 19.1. The fourth-order valence-electron chi connectivity index (χ4n) is 3.47. The minimum atomic E-state index is -0.0402. The Labute approximate surface area is 165 Å². The van der Waals surface area contributed by atoms with E-state index >= 15 is 0 Å². The molecular formula is C21H26ClN3O2. The first-order valence-corrected chi connectivity index (χ1v) is 9.77. The normalized spacial score (nSPS) is 15.5. The second-order valence-electron chi connectivity index (χ2n) is 7.00. The second kappa shape index (κ2) is 9.72. The maximum Gasteiger partial charge on any atom is 0.238 e. The van der Waals surface area contributed by atoms with E-state index in [9.17, 15) is 4.79 Å². The summed E-state index contributed by atoms with van der Waals surface area (Å²) in [5, 5.41) is 3.16. The lowest BCUT2D eigenvalue weighted by atomic mass is 9.90. The molecule has 0 aliphatic carbocycles. The number of piperidine rings is 1. The molecule has 1 aliphatic rings. The van der Waals surface area contributed by atoms with Gasteiger partial charge in [0.15, 0.2) is 5.15 Å². The van der Waals surface area contributed by atoms with Gasteiger partial charge in [0, 0.05) is 6.20 Å². The number of pyridine rings is 1. The van der Waals surface area contributed by atoms with Gasteiger partial charge >= 0.3 is 0 Å². The lowest BCUT2D eigenvalue weighted by Gasteiger charge is -2.31.